The molecule has 2 aliphatic rings. The van der Waals surface area contributed by atoms with Crippen LogP contribution in [-0.2, 0) is 9.59 Å². The van der Waals surface area contributed by atoms with Crippen molar-refractivity contribution in [1.29, 1.82) is 0 Å². The van der Waals surface area contributed by atoms with Gasteiger partial charge in [0.2, 0.25) is 0 Å². The first-order chi connectivity index (χ1) is 15.6. The maximum Gasteiger partial charge on any atom is 0.263 e. The van der Waals surface area contributed by atoms with Crippen LogP contribution in [0.4, 0.5) is 21.5 Å². The van der Waals surface area contributed by atoms with E-state index in [2.05, 4.69) is 34.9 Å². The average Bonchev–Trinajstić information content (AvgIpc) is 3.09. The number of carbonyl (C=O) groups excluding carboxylic acids is 2. The molecule has 0 unspecified atom stereocenters. The number of amides is 1. The second-order valence-corrected chi connectivity index (χ2v) is 7.90. The predicted octanol–water partition coefficient (Wildman–Crippen LogP) is 3.65. The number of para-hydroxylation sites is 1. The molecule has 3 aromatic carbocycles. The molecule has 6 nitrogen and oxygen atoms in total. The van der Waals surface area contributed by atoms with Crippen LogP contribution < -0.4 is 20.4 Å². The number of anilines is 3. The summed E-state index contributed by atoms with van der Waals surface area (Å²) in [7, 11) is 1.86. The van der Waals surface area contributed by atoms with Crippen LogP contribution in [-0.4, -0.2) is 38.4 Å². The zero-order valence-corrected chi connectivity index (χ0v) is 17.7. The Kier molecular flexibility index (Phi) is 5.11. The van der Waals surface area contributed by atoms with Gasteiger partial charge in [0, 0.05) is 26.1 Å². The van der Waals surface area contributed by atoms with Crippen molar-refractivity contribution in [2.45, 2.75) is 6.42 Å². The van der Waals surface area contributed by atoms with E-state index in [0.717, 1.165) is 22.1 Å². The molecule has 32 heavy (non-hydrogen) atoms. The van der Waals surface area contributed by atoms with Gasteiger partial charge in [-0.3, -0.25) is 9.59 Å². The van der Waals surface area contributed by atoms with Crippen molar-refractivity contribution in [3.8, 4) is 0 Å². The van der Waals surface area contributed by atoms with Gasteiger partial charge in [-0.15, -0.1) is 0 Å². The summed E-state index contributed by atoms with van der Waals surface area (Å²) in [5.74, 6) is -0.807. The molecule has 0 radical (unpaired) electrons. The number of halogens is 1. The fourth-order valence-corrected chi connectivity index (χ4v) is 4.41. The number of hydrogen-bond acceptors (Lipinski definition) is 5. The van der Waals surface area contributed by atoms with Gasteiger partial charge in [-0.2, -0.15) is 0 Å². The van der Waals surface area contributed by atoms with E-state index in [4.69, 9.17) is 0 Å². The standard InChI is InChI=1S/C25H23FN4O2/c1-27-11-13-30-21-15-17-7-3-2-6-16(17)14-20(21)29-12-10-22(31)23(25(29)30)24(32)28-19-9-5-4-8-18(19)26/h2-9,14-15,27H,10-13H2,1H3,(H,28,32). The van der Waals surface area contributed by atoms with Crippen LogP contribution in [0.15, 0.2) is 72.1 Å². The molecule has 0 atom stereocenters. The average molecular weight is 430 g/mol. The van der Waals surface area contributed by atoms with Crippen molar-refractivity contribution in [2.75, 3.05) is 41.8 Å². The molecule has 162 valence electrons. The molecule has 0 fully saturated rings. The minimum Gasteiger partial charge on any atom is -0.325 e. The highest BCUT2D eigenvalue weighted by atomic mass is 19.1. The van der Waals surface area contributed by atoms with Crippen LogP contribution in [0.3, 0.4) is 0 Å². The third-order valence-electron chi connectivity index (χ3n) is 5.94. The number of benzene rings is 3. The van der Waals surface area contributed by atoms with Crippen molar-refractivity contribution in [1.82, 2.24) is 5.32 Å². The van der Waals surface area contributed by atoms with Crippen LogP contribution in [0.25, 0.3) is 10.8 Å². The highest BCUT2D eigenvalue weighted by Crippen LogP contribution is 2.46. The van der Waals surface area contributed by atoms with Crippen molar-refractivity contribution < 1.29 is 14.0 Å². The number of nitrogens with zero attached hydrogens (tertiary/aromatic N) is 2. The van der Waals surface area contributed by atoms with Crippen LogP contribution in [0, 0.1) is 5.82 Å². The third-order valence-corrected chi connectivity index (χ3v) is 5.94. The van der Waals surface area contributed by atoms with E-state index in [0.29, 0.717) is 25.5 Å². The summed E-state index contributed by atoms with van der Waals surface area (Å²) in [5.41, 5.74) is 2.05. The second-order valence-electron chi connectivity index (χ2n) is 7.90. The van der Waals surface area contributed by atoms with Gasteiger partial charge in [0.1, 0.15) is 17.2 Å². The molecule has 2 N–H and O–H groups in total. The van der Waals surface area contributed by atoms with E-state index in [1.54, 1.807) is 12.1 Å². The molecule has 0 saturated heterocycles. The second kappa shape index (κ2) is 8.09. The largest absolute Gasteiger partial charge is 0.325 e. The molecular weight excluding hydrogens is 407 g/mol. The molecule has 0 aromatic heterocycles. The molecule has 0 spiro atoms. The zero-order chi connectivity index (χ0) is 22.2. The van der Waals surface area contributed by atoms with E-state index < -0.39 is 11.7 Å². The normalized spacial score (nSPS) is 15.2. The fraction of sp³-hybridized carbons (Fsp3) is 0.200. The number of likely N-dealkylation sites (N-methyl/N-ethyl adjacent to an activating group) is 1. The minimum atomic E-state index is -0.591. The van der Waals surface area contributed by atoms with Crippen LogP contribution in [0.2, 0.25) is 0 Å². The number of nitrogens with one attached hydrogen (secondary N) is 2. The fourth-order valence-electron chi connectivity index (χ4n) is 4.41. The SMILES string of the molecule is CNCCN1C2=C(C(=O)Nc3ccccc3F)C(=O)CCN2c2cc3ccccc3cc21. The van der Waals surface area contributed by atoms with Gasteiger partial charge in [0.05, 0.1) is 17.1 Å². The molecule has 0 saturated carbocycles. The third kappa shape index (κ3) is 3.31. The predicted molar refractivity (Wildman–Crippen MR) is 124 cm³/mol. The summed E-state index contributed by atoms with van der Waals surface area (Å²) in [6.07, 6.45) is 0.218. The first-order valence-corrected chi connectivity index (χ1v) is 10.6. The smallest absolute Gasteiger partial charge is 0.263 e. The monoisotopic (exact) mass is 430 g/mol. The van der Waals surface area contributed by atoms with Crippen molar-refractivity contribution in [3.63, 3.8) is 0 Å². The molecule has 3 aromatic rings. The lowest BCUT2D eigenvalue weighted by Gasteiger charge is -2.31. The lowest BCUT2D eigenvalue weighted by atomic mass is 10.0. The van der Waals surface area contributed by atoms with Gasteiger partial charge in [0.25, 0.3) is 5.91 Å². The number of fused-ring (bicyclic) bond motifs is 4. The Balaban J connectivity index is 1.64. The Morgan fingerprint density at radius 1 is 1.03 bits per heavy atom. The summed E-state index contributed by atoms with van der Waals surface area (Å²) in [6, 6.07) is 18.2. The van der Waals surface area contributed by atoms with E-state index >= 15 is 0 Å². The van der Waals surface area contributed by atoms with Gasteiger partial charge in [-0.05, 0) is 42.1 Å². The Hall–Kier alpha value is -3.71. The zero-order valence-electron chi connectivity index (χ0n) is 17.7. The minimum absolute atomic E-state index is 0.0542. The van der Waals surface area contributed by atoms with Gasteiger partial charge in [-0.25, -0.2) is 4.39 Å². The first-order valence-electron chi connectivity index (χ1n) is 10.6. The topological polar surface area (TPSA) is 64.7 Å². The number of rotatable bonds is 5. The quantitative estimate of drug-likeness (QED) is 0.605. The maximum atomic E-state index is 14.2. The highest BCUT2D eigenvalue weighted by Gasteiger charge is 2.41. The summed E-state index contributed by atoms with van der Waals surface area (Å²) < 4.78 is 14.2. The number of hydrogen-bond donors (Lipinski definition) is 2. The summed E-state index contributed by atoms with van der Waals surface area (Å²) in [6.45, 7) is 1.74. The Bertz CT molecular complexity index is 1270. The molecule has 0 bridgehead atoms. The Morgan fingerprint density at radius 2 is 1.72 bits per heavy atom. The van der Waals surface area contributed by atoms with Crippen LogP contribution >= 0.6 is 0 Å². The van der Waals surface area contributed by atoms with Gasteiger partial charge >= 0.3 is 0 Å². The van der Waals surface area contributed by atoms with E-state index in [-0.39, 0.29) is 23.5 Å². The maximum absolute atomic E-state index is 14.2. The van der Waals surface area contributed by atoms with Crippen molar-refractivity contribution in [3.05, 3.63) is 77.9 Å². The number of carbonyl (C=O) groups is 2. The molecule has 2 aliphatic heterocycles. The van der Waals surface area contributed by atoms with E-state index in [1.165, 1.54) is 12.1 Å². The van der Waals surface area contributed by atoms with Crippen molar-refractivity contribution in [2.24, 2.45) is 0 Å². The molecular formula is C25H23FN4O2. The lowest BCUT2D eigenvalue weighted by Crippen LogP contribution is -2.42. The van der Waals surface area contributed by atoms with Gasteiger partial charge in [-0.1, -0.05) is 36.4 Å². The first kappa shape index (κ1) is 20.2. The molecule has 2 heterocycles. The summed E-state index contributed by atoms with van der Waals surface area (Å²) in [5, 5.41) is 7.92. The summed E-state index contributed by atoms with van der Waals surface area (Å²) in [4.78, 5) is 30.3. The number of Topliss-reactive ketones (excluding diaryl/α,β-unsaturated/α-hetero) is 1. The molecule has 5 rings (SSSR count). The molecule has 0 aliphatic carbocycles. The Morgan fingerprint density at radius 3 is 2.44 bits per heavy atom. The Labute approximate surface area is 185 Å². The van der Waals surface area contributed by atoms with E-state index in [1.807, 2.05) is 29.0 Å². The van der Waals surface area contributed by atoms with Crippen LogP contribution in [0.1, 0.15) is 6.42 Å². The van der Waals surface area contributed by atoms with Gasteiger partial charge in [0.15, 0.2) is 5.78 Å². The van der Waals surface area contributed by atoms with Gasteiger partial charge < -0.3 is 20.4 Å². The number of ketones is 1. The highest BCUT2D eigenvalue weighted by molar-refractivity contribution is 6.26. The lowest BCUT2D eigenvalue weighted by molar-refractivity contribution is -0.120. The van der Waals surface area contributed by atoms with E-state index in [9.17, 15) is 14.0 Å². The molecule has 7 heteroatoms. The molecule has 1 amide bonds. The van der Waals surface area contributed by atoms with Crippen molar-refractivity contribution >= 4 is 39.5 Å². The van der Waals surface area contributed by atoms with Crippen LogP contribution in [0.5, 0.6) is 0 Å². The summed E-state index contributed by atoms with van der Waals surface area (Å²) >= 11 is 0.